The minimum absolute atomic E-state index is 0.515. The highest BCUT2D eigenvalue weighted by atomic mass is 16.5. The van der Waals surface area contributed by atoms with E-state index in [1.807, 2.05) is 54.6 Å². The molecule has 0 bridgehead atoms. The Bertz CT molecular complexity index is 595. The molecule has 2 aromatic carbocycles. The van der Waals surface area contributed by atoms with Gasteiger partial charge in [0, 0.05) is 0 Å². The lowest BCUT2D eigenvalue weighted by Gasteiger charge is -2.06. The zero-order chi connectivity index (χ0) is 14.9. The number of carbonyl (C=O) groups excluding carboxylic acids is 1. The molecule has 0 heterocycles. The van der Waals surface area contributed by atoms with Crippen molar-refractivity contribution >= 4 is 12.1 Å². The summed E-state index contributed by atoms with van der Waals surface area (Å²) in [6, 6.07) is 17.2. The predicted octanol–water partition coefficient (Wildman–Crippen LogP) is 1.71. The van der Waals surface area contributed by atoms with Crippen LogP contribution in [0.2, 0.25) is 0 Å². The topological polar surface area (TPSA) is 70.9 Å². The smallest absolute Gasteiger partial charge is 0.265 e. The Labute approximate surface area is 122 Å². The highest BCUT2D eigenvalue weighted by molar-refractivity contribution is 5.82. The Balaban J connectivity index is 1.85. The molecule has 0 radical (unpaired) electrons. The van der Waals surface area contributed by atoms with Gasteiger partial charge in [-0.25, -0.2) is 5.43 Å². The van der Waals surface area contributed by atoms with E-state index in [0.717, 1.165) is 16.9 Å². The van der Waals surface area contributed by atoms with Crippen LogP contribution in [0.5, 0.6) is 5.75 Å². The average molecular weight is 284 g/mol. The molecule has 0 saturated carbocycles. The first-order valence-corrected chi connectivity index (χ1v) is 6.47. The normalized spacial score (nSPS) is 10.5. The summed E-state index contributed by atoms with van der Waals surface area (Å²) in [5, 5.41) is 12.2. The van der Waals surface area contributed by atoms with E-state index in [1.54, 1.807) is 0 Å². The Morgan fingerprint density at radius 2 is 1.86 bits per heavy atom. The molecule has 2 aromatic rings. The van der Waals surface area contributed by atoms with Crippen molar-refractivity contribution in [2.75, 3.05) is 6.61 Å². The third-order valence-corrected chi connectivity index (χ3v) is 2.67. The Morgan fingerprint density at radius 1 is 1.14 bits per heavy atom. The molecule has 5 heteroatoms. The van der Waals surface area contributed by atoms with E-state index in [1.165, 1.54) is 6.21 Å². The van der Waals surface area contributed by atoms with Gasteiger partial charge in [0.15, 0.2) is 0 Å². The summed E-state index contributed by atoms with van der Waals surface area (Å²) in [6.07, 6.45) is 1.49. The monoisotopic (exact) mass is 284 g/mol. The number of amides is 1. The standard InChI is InChI=1S/C16H16N2O3/c19-11-16(20)18-17-10-13-6-8-15(9-7-13)21-12-14-4-2-1-3-5-14/h1-10,19H,11-12H2,(H,18,20)/b17-10-. The lowest BCUT2D eigenvalue weighted by atomic mass is 10.2. The fourth-order valence-electron chi connectivity index (χ4n) is 1.61. The maximum atomic E-state index is 10.8. The fraction of sp³-hybridized carbons (Fsp3) is 0.125. The maximum Gasteiger partial charge on any atom is 0.265 e. The molecular weight excluding hydrogens is 268 g/mol. The third kappa shape index (κ3) is 5.08. The second-order valence-electron chi connectivity index (χ2n) is 4.29. The zero-order valence-electron chi connectivity index (χ0n) is 11.4. The Hall–Kier alpha value is -2.66. The van der Waals surface area contributed by atoms with Crippen molar-refractivity contribution in [1.29, 1.82) is 0 Å². The molecule has 5 nitrogen and oxygen atoms in total. The van der Waals surface area contributed by atoms with Gasteiger partial charge in [0.1, 0.15) is 19.0 Å². The molecule has 0 aliphatic carbocycles. The third-order valence-electron chi connectivity index (χ3n) is 2.67. The predicted molar refractivity (Wildman–Crippen MR) is 80.0 cm³/mol. The minimum atomic E-state index is -0.580. The van der Waals surface area contributed by atoms with Crippen molar-refractivity contribution in [2.45, 2.75) is 6.61 Å². The SMILES string of the molecule is O=C(CO)N/N=C\c1ccc(OCc2ccccc2)cc1. The van der Waals surface area contributed by atoms with Gasteiger partial charge >= 0.3 is 0 Å². The second kappa shape index (κ2) is 7.81. The summed E-state index contributed by atoms with van der Waals surface area (Å²) in [5.74, 6) is 0.212. The molecule has 2 N–H and O–H groups in total. The number of nitrogens with one attached hydrogen (secondary N) is 1. The number of hydrogen-bond donors (Lipinski definition) is 2. The van der Waals surface area contributed by atoms with Crippen LogP contribution in [0.1, 0.15) is 11.1 Å². The minimum Gasteiger partial charge on any atom is -0.489 e. The number of carbonyl (C=O) groups is 1. The van der Waals surface area contributed by atoms with E-state index in [9.17, 15) is 4.79 Å². The van der Waals surface area contributed by atoms with Crippen LogP contribution in [0.4, 0.5) is 0 Å². The molecule has 0 aliphatic rings. The maximum absolute atomic E-state index is 10.8. The summed E-state index contributed by atoms with van der Waals surface area (Å²) in [4.78, 5) is 10.8. The average Bonchev–Trinajstić information content (AvgIpc) is 2.55. The fourth-order valence-corrected chi connectivity index (χ4v) is 1.61. The molecule has 0 saturated heterocycles. The number of rotatable bonds is 6. The number of aliphatic hydroxyl groups is 1. The van der Waals surface area contributed by atoms with Crippen LogP contribution in [-0.2, 0) is 11.4 Å². The number of benzene rings is 2. The molecule has 0 fully saturated rings. The van der Waals surface area contributed by atoms with Crippen LogP contribution in [0, 0.1) is 0 Å². The molecule has 0 aromatic heterocycles. The lowest BCUT2D eigenvalue weighted by Crippen LogP contribution is -2.20. The molecule has 0 unspecified atom stereocenters. The molecule has 1 amide bonds. The van der Waals surface area contributed by atoms with E-state index < -0.39 is 12.5 Å². The molecule has 108 valence electrons. The van der Waals surface area contributed by atoms with Gasteiger partial charge in [-0.1, -0.05) is 30.3 Å². The van der Waals surface area contributed by atoms with E-state index in [-0.39, 0.29) is 0 Å². The van der Waals surface area contributed by atoms with Gasteiger partial charge in [0.05, 0.1) is 6.21 Å². The van der Waals surface area contributed by atoms with Crippen molar-refractivity contribution in [1.82, 2.24) is 5.43 Å². The lowest BCUT2D eigenvalue weighted by molar-refractivity contribution is -0.123. The number of ether oxygens (including phenoxy) is 1. The van der Waals surface area contributed by atoms with Crippen LogP contribution < -0.4 is 10.2 Å². The van der Waals surface area contributed by atoms with E-state index in [2.05, 4.69) is 10.5 Å². The molecule has 0 spiro atoms. The Kier molecular flexibility index (Phi) is 5.49. The number of aliphatic hydroxyl groups excluding tert-OH is 1. The second-order valence-corrected chi connectivity index (χ2v) is 4.29. The molecule has 0 aliphatic heterocycles. The molecule has 0 atom stereocenters. The van der Waals surface area contributed by atoms with Gasteiger partial charge in [-0.2, -0.15) is 5.10 Å². The molecule has 21 heavy (non-hydrogen) atoms. The van der Waals surface area contributed by atoms with Crippen molar-refractivity contribution in [3.05, 3.63) is 65.7 Å². The van der Waals surface area contributed by atoms with Crippen molar-refractivity contribution in [2.24, 2.45) is 5.10 Å². The van der Waals surface area contributed by atoms with Gasteiger partial charge in [0.2, 0.25) is 0 Å². The van der Waals surface area contributed by atoms with Gasteiger partial charge in [-0.15, -0.1) is 0 Å². The van der Waals surface area contributed by atoms with Crippen LogP contribution in [0.3, 0.4) is 0 Å². The van der Waals surface area contributed by atoms with E-state index in [0.29, 0.717) is 6.61 Å². The first kappa shape index (κ1) is 14.7. The Morgan fingerprint density at radius 3 is 2.52 bits per heavy atom. The van der Waals surface area contributed by atoms with Crippen LogP contribution in [0.15, 0.2) is 59.7 Å². The van der Waals surface area contributed by atoms with Gasteiger partial charge in [0.25, 0.3) is 5.91 Å². The van der Waals surface area contributed by atoms with Gasteiger partial charge in [-0.3, -0.25) is 4.79 Å². The van der Waals surface area contributed by atoms with Crippen LogP contribution in [0.25, 0.3) is 0 Å². The highest BCUT2D eigenvalue weighted by Crippen LogP contribution is 2.13. The first-order chi connectivity index (χ1) is 10.3. The summed E-state index contributed by atoms with van der Waals surface area (Å²) in [5.41, 5.74) is 4.12. The van der Waals surface area contributed by atoms with E-state index in [4.69, 9.17) is 9.84 Å². The van der Waals surface area contributed by atoms with E-state index >= 15 is 0 Å². The number of hydrogen-bond acceptors (Lipinski definition) is 4. The molecular formula is C16H16N2O3. The summed E-state index contributed by atoms with van der Waals surface area (Å²) in [6.45, 7) is -0.0650. The first-order valence-electron chi connectivity index (χ1n) is 6.47. The number of nitrogens with zero attached hydrogens (tertiary/aromatic N) is 1. The number of hydrazone groups is 1. The molecule has 2 rings (SSSR count). The van der Waals surface area contributed by atoms with Crippen molar-refractivity contribution < 1.29 is 14.6 Å². The zero-order valence-corrected chi connectivity index (χ0v) is 11.4. The summed E-state index contributed by atoms with van der Waals surface area (Å²) < 4.78 is 5.66. The van der Waals surface area contributed by atoms with Crippen molar-refractivity contribution in [3.8, 4) is 5.75 Å². The summed E-state index contributed by atoms with van der Waals surface area (Å²) in [7, 11) is 0. The van der Waals surface area contributed by atoms with Gasteiger partial charge in [-0.05, 0) is 35.4 Å². The van der Waals surface area contributed by atoms with Gasteiger partial charge < -0.3 is 9.84 Å². The quantitative estimate of drug-likeness (QED) is 0.626. The summed E-state index contributed by atoms with van der Waals surface area (Å²) >= 11 is 0. The van der Waals surface area contributed by atoms with Crippen LogP contribution >= 0.6 is 0 Å². The largest absolute Gasteiger partial charge is 0.489 e. The van der Waals surface area contributed by atoms with Crippen LogP contribution in [-0.4, -0.2) is 23.8 Å². The van der Waals surface area contributed by atoms with Crippen molar-refractivity contribution in [3.63, 3.8) is 0 Å². The highest BCUT2D eigenvalue weighted by Gasteiger charge is 1.96.